The summed E-state index contributed by atoms with van der Waals surface area (Å²) < 4.78 is 12.7. The first kappa shape index (κ1) is 27.9. The van der Waals surface area contributed by atoms with Crippen LogP contribution in [0.25, 0.3) is 16.8 Å². The molecule has 4 aromatic carbocycles. The maximum Gasteiger partial charge on any atom is 0.335 e. The monoisotopic (exact) mass is 610 g/mol. The number of rotatable bonds is 8. The average molecular weight is 611 g/mol. The minimum absolute atomic E-state index is 0.179. The Hall–Kier alpha value is -4.69. The van der Waals surface area contributed by atoms with E-state index >= 15 is 0 Å². The van der Waals surface area contributed by atoms with Gasteiger partial charge in [0.25, 0.3) is 11.8 Å². The highest BCUT2D eigenvalue weighted by molar-refractivity contribution is 9.10. The number of amides is 4. The van der Waals surface area contributed by atoms with Gasteiger partial charge in [-0.1, -0.05) is 58.4 Å². The number of methoxy groups -OCH3 is 1. The normalized spacial score (nSPS) is 14.4. The van der Waals surface area contributed by atoms with Gasteiger partial charge in [0.15, 0.2) is 11.5 Å². The average Bonchev–Trinajstić information content (AvgIpc) is 2.96. The fraction of sp³-hybridized carbons (Fsp3) is 0.121. The maximum atomic E-state index is 13.4. The van der Waals surface area contributed by atoms with E-state index in [0.29, 0.717) is 35.8 Å². The third-order valence-corrected chi connectivity index (χ3v) is 7.64. The number of benzene rings is 4. The first-order valence-corrected chi connectivity index (χ1v) is 13.7. The van der Waals surface area contributed by atoms with Crippen LogP contribution in [0.3, 0.4) is 0 Å². The second-order valence-electron chi connectivity index (χ2n) is 9.57. The topological polar surface area (TPSA) is 84.9 Å². The van der Waals surface area contributed by atoms with E-state index in [2.05, 4.69) is 52.1 Å². The molecule has 1 aliphatic heterocycles. The number of nitrogens with one attached hydrogen (secondary N) is 1. The van der Waals surface area contributed by atoms with Crippen LogP contribution >= 0.6 is 15.9 Å². The third-order valence-electron chi connectivity index (χ3n) is 6.75. The van der Waals surface area contributed by atoms with Gasteiger partial charge in [0.2, 0.25) is 0 Å². The zero-order chi connectivity index (χ0) is 29.1. The SMILES string of the molecule is C=CCc1cc(/C=C2\C(=O)NC(=O)N(c3ccc(Br)c(C)c3)C2=O)cc(OC)c1OCc1ccc2ccccc2c1. The number of carbonyl (C=O) groups is 3. The maximum absolute atomic E-state index is 13.4. The Bertz CT molecular complexity index is 1740. The Labute approximate surface area is 246 Å². The number of allylic oxidation sites excluding steroid dienone is 1. The molecule has 1 heterocycles. The second-order valence-corrected chi connectivity index (χ2v) is 10.4. The summed E-state index contributed by atoms with van der Waals surface area (Å²) in [4.78, 5) is 39.8. The summed E-state index contributed by atoms with van der Waals surface area (Å²) in [7, 11) is 1.53. The molecular weight excluding hydrogens is 584 g/mol. The quantitative estimate of drug-likeness (QED) is 0.133. The summed E-state index contributed by atoms with van der Waals surface area (Å²) in [6, 6.07) is 22.1. The molecule has 0 aromatic heterocycles. The fourth-order valence-corrected chi connectivity index (χ4v) is 4.95. The van der Waals surface area contributed by atoms with Gasteiger partial charge < -0.3 is 9.47 Å². The van der Waals surface area contributed by atoms with Gasteiger partial charge in [0.05, 0.1) is 12.8 Å². The van der Waals surface area contributed by atoms with Gasteiger partial charge in [-0.05, 0) is 83.3 Å². The summed E-state index contributed by atoms with van der Waals surface area (Å²) >= 11 is 3.42. The highest BCUT2D eigenvalue weighted by Gasteiger charge is 2.37. The van der Waals surface area contributed by atoms with Gasteiger partial charge in [-0.2, -0.15) is 0 Å². The van der Waals surface area contributed by atoms with E-state index in [1.54, 1.807) is 30.3 Å². The van der Waals surface area contributed by atoms with Crippen molar-refractivity contribution in [2.45, 2.75) is 20.0 Å². The number of anilines is 1. The highest BCUT2D eigenvalue weighted by atomic mass is 79.9. The van der Waals surface area contributed by atoms with Crippen LogP contribution in [0.2, 0.25) is 0 Å². The molecule has 5 rings (SSSR count). The minimum atomic E-state index is -0.804. The largest absolute Gasteiger partial charge is 0.493 e. The van der Waals surface area contributed by atoms with Crippen LogP contribution < -0.4 is 19.7 Å². The molecule has 1 fully saturated rings. The first-order valence-electron chi connectivity index (χ1n) is 12.9. The van der Waals surface area contributed by atoms with Gasteiger partial charge in [-0.25, -0.2) is 9.69 Å². The van der Waals surface area contributed by atoms with E-state index in [1.165, 1.54) is 13.2 Å². The summed E-state index contributed by atoms with van der Waals surface area (Å²) in [5, 5.41) is 4.54. The lowest BCUT2D eigenvalue weighted by Gasteiger charge is -2.27. The Morgan fingerprint density at radius 3 is 2.49 bits per heavy atom. The predicted molar refractivity (Wildman–Crippen MR) is 163 cm³/mol. The molecule has 1 aliphatic rings. The number of hydrogen-bond donors (Lipinski definition) is 1. The molecule has 0 spiro atoms. The number of halogens is 1. The van der Waals surface area contributed by atoms with Gasteiger partial charge in [0.1, 0.15) is 12.2 Å². The second kappa shape index (κ2) is 11.8. The number of urea groups is 1. The fourth-order valence-electron chi connectivity index (χ4n) is 4.70. The van der Waals surface area contributed by atoms with Crippen LogP contribution in [0.5, 0.6) is 11.5 Å². The van der Waals surface area contributed by atoms with Crippen LogP contribution in [0, 0.1) is 6.92 Å². The molecule has 7 nitrogen and oxygen atoms in total. The lowest BCUT2D eigenvalue weighted by atomic mass is 10.0. The molecule has 206 valence electrons. The lowest BCUT2D eigenvalue weighted by molar-refractivity contribution is -0.122. The molecular formula is C33H27BrN2O5. The summed E-state index contributed by atoms with van der Waals surface area (Å²) in [5.41, 5.74) is 3.32. The van der Waals surface area contributed by atoms with Crippen molar-refractivity contribution in [1.29, 1.82) is 0 Å². The van der Waals surface area contributed by atoms with Crippen LogP contribution in [-0.4, -0.2) is 25.0 Å². The zero-order valence-electron chi connectivity index (χ0n) is 22.6. The van der Waals surface area contributed by atoms with Crippen molar-refractivity contribution in [1.82, 2.24) is 5.32 Å². The van der Waals surface area contributed by atoms with Crippen molar-refractivity contribution < 1.29 is 23.9 Å². The Balaban J connectivity index is 1.47. The first-order chi connectivity index (χ1) is 19.8. The molecule has 4 amide bonds. The number of fused-ring (bicyclic) bond motifs is 1. The van der Waals surface area contributed by atoms with Crippen LogP contribution in [-0.2, 0) is 22.6 Å². The van der Waals surface area contributed by atoms with E-state index < -0.39 is 17.8 Å². The smallest absolute Gasteiger partial charge is 0.335 e. The van der Waals surface area contributed by atoms with Crippen molar-refractivity contribution in [2.24, 2.45) is 0 Å². The van der Waals surface area contributed by atoms with Gasteiger partial charge >= 0.3 is 6.03 Å². The number of ether oxygens (including phenoxy) is 2. The predicted octanol–water partition coefficient (Wildman–Crippen LogP) is 6.89. The van der Waals surface area contributed by atoms with Crippen molar-refractivity contribution in [3.63, 3.8) is 0 Å². The number of aryl methyl sites for hydroxylation is 1. The van der Waals surface area contributed by atoms with Crippen molar-refractivity contribution in [3.8, 4) is 11.5 Å². The molecule has 0 aliphatic carbocycles. The van der Waals surface area contributed by atoms with E-state index in [4.69, 9.17) is 9.47 Å². The minimum Gasteiger partial charge on any atom is -0.493 e. The Morgan fingerprint density at radius 2 is 1.76 bits per heavy atom. The van der Waals surface area contributed by atoms with Crippen molar-refractivity contribution in [3.05, 3.63) is 118 Å². The zero-order valence-corrected chi connectivity index (χ0v) is 24.2. The Morgan fingerprint density at radius 1 is 0.976 bits per heavy atom. The molecule has 0 unspecified atom stereocenters. The number of carbonyl (C=O) groups excluding carboxylic acids is 3. The molecule has 1 saturated heterocycles. The molecule has 41 heavy (non-hydrogen) atoms. The lowest BCUT2D eigenvalue weighted by Crippen LogP contribution is -2.54. The van der Waals surface area contributed by atoms with Crippen LogP contribution in [0.4, 0.5) is 10.5 Å². The number of nitrogens with zero attached hydrogens (tertiary/aromatic N) is 1. The molecule has 0 saturated carbocycles. The molecule has 1 N–H and O–H groups in total. The summed E-state index contributed by atoms with van der Waals surface area (Å²) in [6.45, 7) is 6.02. The highest BCUT2D eigenvalue weighted by Crippen LogP contribution is 2.36. The molecule has 4 aromatic rings. The number of hydrogen-bond acceptors (Lipinski definition) is 5. The third kappa shape index (κ3) is 5.78. The van der Waals surface area contributed by atoms with Gasteiger partial charge in [0, 0.05) is 10.0 Å². The van der Waals surface area contributed by atoms with E-state index in [1.807, 2.05) is 31.2 Å². The molecule has 0 radical (unpaired) electrons. The molecule has 0 bridgehead atoms. The van der Waals surface area contributed by atoms with Crippen molar-refractivity contribution >= 4 is 56.3 Å². The van der Waals surface area contributed by atoms with Crippen LogP contribution in [0.15, 0.2) is 95.5 Å². The van der Waals surface area contributed by atoms with E-state index in [-0.39, 0.29) is 5.57 Å². The van der Waals surface area contributed by atoms with Crippen LogP contribution in [0.1, 0.15) is 22.3 Å². The van der Waals surface area contributed by atoms with E-state index in [0.717, 1.165) is 36.8 Å². The standard InChI is InChI=1S/C33H27BrN2O5/c1-4-7-25-16-22(17-27-31(37)35-33(39)36(32(27)38)26-12-13-28(34)20(2)14-26)18-29(40-3)30(25)41-19-21-10-11-23-8-5-6-9-24(23)15-21/h4-6,8-18H,1,7,19H2,2-3H3,(H,35,37,39)/b27-17+. The van der Waals surface area contributed by atoms with E-state index in [9.17, 15) is 14.4 Å². The Kier molecular flexibility index (Phi) is 8.03. The summed E-state index contributed by atoms with van der Waals surface area (Å²) in [6.07, 6.45) is 3.65. The summed E-state index contributed by atoms with van der Waals surface area (Å²) in [5.74, 6) is -0.506. The van der Waals surface area contributed by atoms with Gasteiger partial charge in [-0.3, -0.25) is 14.9 Å². The number of barbiturate groups is 1. The van der Waals surface area contributed by atoms with Gasteiger partial charge in [-0.15, -0.1) is 6.58 Å². The number of imide groups is 2. The molecule has 0 atom stereocenters. The molecule has 8 heteroatoms. The van der Waals surface area contributed by atoms with Crippen molar-refractivity contribution in [2.75, 3.05) is 12.0 Å².